The fourth-order valence-electron chi connectivity index (χ4n) is 9.45. The van der Waals surface area contributed by atoms with E-state index in [9.17, 15) is 0 Å². The lowest BCUT2D eigenvalue weighted by Crippen LogP contribution is -2.16. The van der Waals surface area contributed by atoms with Gasteiger partial charge >= 0.3 is 0 Å². The minimum atomic E-state index is -0.105. The van der Waals surface area contributed by atoms with Crippen LogP contribution in [0.1, 0.15) is 25.0 Å². The minimum Gasteiger partial charge on any atom is -0.455 e. The van der Waals surface area contributed by atoms with Crippen molar-refractivity contribution in [2.75, 3.05) is 4.90 Å². The summed E-state index contributed by atoms with van der Waals surface area (Å²) in [5, 5.41) is 4.72. The van der Waals surface area contributed by atoms with Crippen molar-refractivity contribution in [1.29, 1.82) is 0 Å². The Labute approximate surface area is 332 Å². The molecular formula is C55H39NO. The van der Waals surface area contributed by atoms with E-state index in [1.807, 2.05) is 6.07 Å². The van der Waals surface area contributed by atoms with Gasteiger partial charge in [0, 0.05) is 38.7 Å². The van der Waals surface area contributed by atoms with E-state index in [2.05, 4.69) is 213 Å². The van der Waals surface area contributed by atoms with Gasteiger partial charge in [-0.25, -0.2) is 0 Å². The second kappa shape index (κ2) is 13.0. The Balaban J connectivity index is 1.10. The van der Waals surface area contributed by atoms with Crippen molar-refractivity contribution in [3.63, 3.8) is 0 Å². The van der Waals surface area contributed by atoms with E-state index in [4.69, 9.17) is 4.42 Å². The van der Waals surface area contributed by atoms with Crippen LogP contribution < -0.4 is 4.90 Å². The van der Waals surface area contributed by atoms with Gasteiger partial charge in [0.25, 0.3) is 0 Å². The molecule has 0 spiro atoms. The summed E-state index contributed by atoms with van der Waals surface area (Å²) in [6.07, 6.45) is 0. The molecular weight excluding hydrogens is 691 g/mol. The van der Waals surface area contributed by atoms with Gasteiger partial charge < -0.3 is 9.32 Å². The Morgan fingerprint density at radius 1 is 0.404 bits per heavy atom. The van der Waals surface area contributed by atoms with Crippen LogP contribution in [0.3, 0.4) is 0 Å². The Kier molecular flexibility index (Phi) is 7.55. The fraction of sp³-hybridized carbons (Fsp3) is 0.0545. The molecule has 1 aliphatic carbocycles. The predicted octanol–water partition coefficient (Wildman–Crippen LogP) is 15.5. The largest absolute Gasteiger partial charge is 0.455 e. The molecule has 0 saturated carbocycles. The molecule has 11 rings (SSSR count). The first-order chi connectivity index (χ1) is 28.0. The van der Waals surface area contributed by atoms with E-state index in [0.717, 1.165) is 50.1 Å². The third kappa shape index (κ3) is 5.25. The van der Waals surface area contributed by atoms with E-state index in [1.54, 1.807) is 0 Å². The maximum absolute atomic E-state index is 6.62. The second-order valence-corrected chi connectivity index (χ2v) is 15.7. The van der Waals surface area contributed by atoms with Crippen LogP contribution >= 0.6 is 0 Å². The summed E-state index contributed by atoms with van der Waals surface area (Å²) in [6.45, 7) is 4.72. The summed E-state index contributed by atoms with van der Waals surface area (Å²) in [7, 11) is 0. The average Bonchev–Trinajstić information content (AvgIpc) is 3.76. The molecule has 2 nitrogen and oxygen atoms in total. The van der Waals surface area contributed by atoms with Gasteiger partial charge in [-0.1, -0.05) is 178 Å². The lowest BCUT2D eigenvalue weighted by molar-refractivity contribution is 0.662. The molecule has 0 saturated heterocycles. The van der Waals surface area contributed by atoms with Gasteiger partial charge in [0.05, 0.1) is 5.69 Å². The van der Waals surface area contributed by atoms with E-state index in [-0.39, 0.29) is 5.41 Å². The van der Waals surface area contributed by atoms with Crippen LogP contribution in [-0.4, -0.2) is 0 Å². The first-order valence-corrected chi connectivity index (χ1v) is 19.8. The molecule has 57 heavy (non-hydrogen) atoms. The van der Waals surface area contributed by atoms with Crippen molar-refractivity contribution in [2.24, 2.45) is 0 Å². The first-order valence-electron chi connectivity index (χ1n) is 19.8. The van der Waals surface area contributed by atoms with Crippen LogP contribution in [0.2, 0.25) is 0 Å². The highest BCUT2D eigenvalue weighted by atomic mass is 16.3. The van der Waals surface area contributed by atoms with Crippen LogP contribution in [0, 0.1) is 0 Å². The van der Waals surface area contributed by atoms with Crippen molar-refractivity contribution in [3.05, 3.63) is 211 Å². The zero-order chi connectivity index (χ0) is 38.1. The van der Waals surface area contributed by atoms with Crippen molar-refractivity contribution in [3.8, 4) is 44.5 Å². The molecule has 9 aromatic carbocycles. The average molecular weight is 730 g/mol. The summed E-state index contributed by atoms with van der Waals surface area (Å²) < 4.78 is 6.62. The number of nitrogens with zero attached hydrogens (tertiary/aromatic N) is 1. The molecule has 0 fully saturated rings. The van der Waals surface area contributed by atoms with Crippen LogP contribution in [-0.2, 0) is 5.41 Å². The monoisotopic (exact) mass is 729 g/mol. The van der Waals surface area contributed by atoms with Crippen molar-refractivity contribution in [1.82, 2.24) is 0 Å². The van der Waals surface area contributed by atoms with E-state index in [0.29, 0.717) is 0 Å². The highest BCUT2D eigenvalue weighted by Crippen LogP contribution is 2.52. The molecule has 0 amide bonds. The molecule has 1 aliphatic rings. The summed E-state index contributed by atoms with van der Waals surface area (Å²) in [4.78, 5) is 2.41. The molecule has 0 aliphatic heterocycles. The summed E-state index contributed by atoms with van der Waals surface area (Å²) >= 11 is 0. The van der Waals surface area contributed by atoms with Gasteiger partial charge in [0.15, 0.2) is 0 Å². The van der Waals surface area contributed by atoms with Crippen LogP contribution in [0.25, 0.3) is 77.2 Å². The Bertz CT molecular complexity index is 3160. The normalized spacial score (nSPS) is 12.9. The number of para-hydroxylation sites is 3. The zero-order valence-electron chi connectivity index (χ0n) is 31.9. The van der Waals surface area contributed by atoms with E-state index >= 15 is 0 Å². The van der Waals surface area contributed by atoms with E-state index < -0.39 is 0 Å². The van der Waals surface area contributed by atoms with Crippen LogP contribution in [0.5, 0.6) is 0 Å². The number of benzene rings is 9. The Hall–Kier alpha value is -7.16. The summed E-state index contributed by atoms with van der Waals surface area (Å²) in [5.41, 5.74) is 17.4. The molecule has 270 valence electrons. The highest BCUT2D eigenvalue weighted by Gasteiger charge is 2.37. The van der Waals surface area contributed by atoms with Crippen LogP contribution in [0.4, 0.5) is 17.1 Å². The molecule has 0 unspecified atom stereocenters. The second-order valence-electron chi connectivity index (χ2n) is 15.7. The van der Waals surface area contributed by atoms with Gasteiger partial charge in [-0.05, 0) is 91.7 Å². The third-order valence-corrected chi connectivity index (χ3v) is 12.1. The minimum absolute atomic E-state index is 0.105. The van der Waals surface area contributed by atoms with Gasteiger partial charge in [0.1, 0.15) is 11.2 Å². The topological polar surface area (TPSA) is 16.4 Å². The SMILES string of the molecule is CC1(C)c2ccccc2-c2cccc(-c3ccc(N(c4cccc(-c5cccc6ccccc56)c4)c4ccccc4-c4cccc5c4oc4ccccc45)cc3)c21. The predicted molar refractivity (Wildman–Crippen MR) is 240 cm³/mol. The summed E-state index contributed by atoms with van der Waals surface area (Å²) in [6, 6.07) is 72.5. The number of anilines is 3. The molecule has 0 N–H and O–H groups in total. The number of fused-ring (bicyclic) bond motifs is 7. The van der Waals surface area contributed by atoms with Gasteiger partial charge in [0.2, 0.25) is 0 Å². The smallest absolute Gasteiger partial charge is 0.143 e. The lowest BCUT2D eigenvalue weighted by Gasteiger charge is -2.29. The summed E-state index contributed by atoms with van der Waals surface area (Å²) in [5.74, 6) is 0. The molecule has 2 heteroatoms. The molecule has 1 aromatic heterocycles. The first kappa shape index (κ1) is 33.2. The fourth-order valence-corrected chi connectivity index (χ4v) is 9.45. The Morgan fingerprint density at radius 2 is 1.02 bits per heavy atom. The van der Waals surface area contributed by atoms with Crippen molar-refractivity contribution >= 4 is 49.8 Å². The molecule has 1 heterocycles. The number of rotatable bonds is 6. The van der Waals surface area contributed by atoms with Gasteiger partial charge in [-0.2, -0.15) is 0 Å². The maximum atomic E-state index is 6.62. The van der Waals surface area contributed by atoms with E-state index in [1.165, 1.54) is 55.3 Å². The molecule has 0 atom stereocenters. The number of furan rings is 1. The molecule has 10 aromatic rings. The zero-order valence-corrected chi connectivity index (χ0v) is 31.9. The quantitative estimate of drug-likeness (QED) is 0.169. The van der Waals surface area contributed by atoms with Crippen LogP contribution in [0.15, 0.2) is 205 Å². The highest BCUT2D eigenvalue weighted by molar-refractivity contribution is 6.11. The number of hydrogen-bond acceptors (Lipinski definition) is 2. The van der Waals surface area contributed by atoms with Crippen molar-refractivity contribution < 1.29 is 4.42 Å². The van der Waals surface area contributed by atoms with Crippen molar-refractivity contribution in [2.45, 2.75) is 19.3 Å². The standard InChI is InChI=1S/C55H39NO/c1-55(2)50-28-8-5-20-44(50)47-25-13-24-43(53(47)55)37-31-33-39(34-32-37)56(40-18-11-17-38(35-40)42-23-12-16-36-15-3-4-19-41(36)42)51-29-9-6-21-45(51)48-26-14-27-49-46-22-7-10-30-52(46)57-54(48)49/h3-35H,1-2H3. The number of hydrogen-bond donors (Lipinski definition) is 0. The lowest BCUT2D eigenvalue weighted by atomic mass is 9.79. The molecule has 0 bridgehead atoms. The Morgan fingerprint density at radius 3 is 1.91 bits per heavy atom. The maximum Gasteiger partial charge on any atom is 0.143 e. The molecule has 0 radical (unpaired) electrons. The van der Waals surface area contributed by atoms with Gasteiger partial charge in [-0.3, -0.25) is 0 Å². The van der Waals surface area contributed by atoms with Gasteiger partial charge in [-0.15, -0.1) is 0 Å². The third-order valence-electron chi connectivity index (χ3n) is 12.1.